The van der Waals surface area contributed by atoms with Crippen LogP contribution in [0.15, 0.2) is 17.0 Å². The topological polar surface area (TPSA) is 115 Å². The second-order valence-electron chi connectivity index (χ2n) is 5.01. The molecule has 2 heterocycles. The highest BCUT2D eigenvalue weighted by Crippen LogP contribution is 2.35. The summed E-state index contributed by atoms with van der Waals surface area (Å²) >= 11 is -0.319. The molecule has 0 aliphatic carbocycles. The van der Waals surface area contributed by atoms with Gasteiger partial charge >= 0.3 is 6.36 Å². The smallest absolute Gasteiger partial charge is 0.573 e. The molecule has 13 heteroatoms. The molecule has 0 amide bonds. The quantitative estimate of drug-likeness (QED) is 0.544. The fourth-order valence-electron chi connectivity index (χ4n) is 2.21. The molecule has 0 saturated heterocycles. The van der Waals surface area contributed by atoms with Crippen LogP contribution in [-0.2, 0) is 27.8 Å². The van der Waals surface area contributed by atoms with Gasteiger partial charge < -0.3 is 13.9 Å². The summed E-state index contributed by atoms with van der Waals surface area (Å²) in [5.74, 6) is -0.0141. The summed E-state index contributed by atoms with van der Waals surface area (Å²) in [6, 6.07) is 2.41. The molecule has 25 heavy (non-hydrogen) atoms. The van der Waals surface area contributed by atoms with Crippen molar-refractivity contribution in [1.29, 1.82) is 5.41 Å². The lowest BCUT2D eigenvalue weighted by atomic mass is 10.3. The first kappa shape index (κ1) is 20.0. The van der Waals surface area contributed by atoms with Gasteiger partial charge in [-0.1, -0.05) is 11.3 Å². The van der Waals surface area contributed by atoms with Gasteiger partial charge in [-0.05, 0) is 11.2 Å². The first-order chi connectivity index (χ1) is 11.3. The summed E-state index contributed by atoms with van der Waals surface area (Å²) in [6.07, 6.45) is -3.45. The van der Waals surface area contributed by atoms with Crippen molar-refractivity contribution in [2.45, 2.75) is 24.2 Å². The number of hydrogen-bond donors (Lipinski definition) is 2. The van der Waals surface area contributed by atoms with Gasteiger partial charge in [0, 0.05) is 25.1 Å². The minimum absolute atomic E-state index is 0.240. The number of nitrogens with one attached hydrogen (secondary N) is 1. The van der Waals surface area contributed by atoms with Crippen LogP contribution in [0.1, 0.15) is 6.42 Å². The number of aryl methyl sites for hydroxylation is 1. The average molecular weight is 418 g/mol. The monoisotopic (exact) mass is 418 g/mol. The molecule has 7 nitrogen and oxygen atoms in total. The summed E-state index contributed by atoms with van der Waals surface area (Å²) < 4.78 is 81.0. The van der Waals surface area contributed by atoms with Crippen molar-refractivity contribution in [1.82, 2.24) is 4.57 Å². The molecule has 0 bridgehead atoms. The summed E-state index contributed by atoms with van der Waals surface area (Å²) in [5.41, 5.74) is 0.588. The Morgan fingerprint density at radius 1 is 1.44 bits per heavy atom. The Labute approximate surface area is 147 Å². The highest BCUT2D eigenvalue weighted by molar-refractivity contribution is 7.91. The number of alkyl halides is 3. The van der Waals surface area contributed by atoms with Crippen LogP contribution in [0.3, 0.4) is 0 Å². The van der Waals surface area contributed by atoms with Crippen molar-refractivity contribution in [3.8, 4) is 5.75 Å². The molecule has 1 aromatic heterocycles. The van der Waals surface area contributed by atoms with Gasteiger partial charge in [0.05, 0.1) is 11.0 Å². The zero-order valence-corrected chi connectivity index (χ0v) is 15.1. The zero-order valence-electron chi connectivity index (χ0n) is 12.7. The van der Waals surface area contributed by atoms with E-state index in [1.165, 1.54) is 12.1 Å². The molecule has 1 aromatic carbocycles. The largest absolute Gasteiger partial charge is 0.611 e. The van der Waals surface area contributed by atoms with Gasteiger partial charge in [-0.3, -0.25) is 9.96 Å². The minimum atomic E-state index is -4.79. The van der Waals surface area contributed by atoms with Crippen molar-refractivity contribution in [3.63, 3.8) is 0 Å². The molecule has 140 valence electrons. The number of nitrogens with zero attached hydrogens (tertiary/aromatic N) is 1. The minimum Gasteiger partial charge on any atom is -0.611 e. The molecule has 0 saturated carbocycles. The average Bonchev–Trinajstić information content (AvgIpc) is 2.58. The molecule has 0 fully saturated rings. The maximum atomic E-state index is 12.3. The third kappa shape index (κ3) is 5.60. The second-order valence-corrected chi connectivity index (χ2v) is 9.05. The fourth-order valence-corrected chi connectivity index (χ4v) is 4.56. The Balaban J connectivity index is 0.000000399. The molecule has 0 radical (unpaired) electrons. The molecular weight excluding hydrogens is 405 g/mol. The van der Waals surface area contributed by atoms with Gasteiger partial charge in [-0.2, -0.15) is 8.42 Å². The lowest BCUT2D eigenvalue weighted by Gasteiger charge is -2.12. The molecule has 2 aromatic rings. The molecule has 1 unspecified atom stereocenters. The lowest BCUT2D eigenvalue weighted by Crippen LogP contribution is -2.17. The number of rotatable bonds is 1. The normalized spacial score (nSPS) is 17.6. The maximum absolute atomic E-state index is 12.3. The van der Waals surface area contributed by atoms with E-state index in [4.69, 9.17) is 9.96 Å². The van der Waals surface area contributed by atoms with Crippen molar-refractivity contribution in [2.75, 3.05) is 12.0 Å². The zero-order chi connectivity index (χ0) is 19.0. The van der Waals surface area contributed by atoms with Crippen molar-refractivity contribution in [3.05, 3.63) is 16.9 Å². The van der Waals surface area contributed by atoms with E-state index in [1.54, 1.807) is 4.57 Å². The molecule has 0 spiro atoms. The predicted octanol–water partition coefficient (Wildman–Crippen LogP) is 2.10. The molecule has 1 atom stereocenters. The number of benzene rings is 1. The van der Waals surface area contributed by atoms with Crippen LogP contribution in [0.4, 0.5) is 13.2 Å². The van der Waals surface area contributed by atoms with Crippen LogP contribution >= 0.6 is 11.3 Å². The molecular formula is C12H13F3N2O5S3. The maximum Gasteiger partial charge on any atom is 0.573 e. The number of hydrogen-bond acceptors (Lipinski definition) is 6. The fraction of sp³-hybridized carbons (Fsp3) is 0.417. The SMILES string of the molecule is CS(=O)(=O)O.N=c1sc2cc(OC(F)(F)F)cc3c2n1CCC[S+]3[O-]. The Morgan fingerprint density at radius 3 is 2.60 bits per heavy atom. The van der Waals surface area contributed by atoms with Crippen LogP contribution in [0.2, 0.25) is 0 Å². The van der Waals surface area contributed by atoms with Crippen LogP contribution < -0.4 is 9.54 Å². The highest BCUT2D eigenvalue weighted by Gasteiger charge is 2.33. The summed E-state index contributed by atoms with van der Waals surface area (Å²) in [7, 11) is -3.67. The first-order valence-corrected chi connectivity index (χ1v) is 10.6. The van der Waals surface area contributed by atoms with E-state index >= 15 is 0 Å². The Hall–Kier alpha value is -1.28. The van der Waals surface area contributed by atoms with E-state index in [0.29, 0.717) is 40.1 Å². The van der Waals surface area contributed by atoms with Gasteiger partial charge in [0.2, 0.25) is 0 Å². The standard InChI is InChI=1S/C11H9F3N2O2S2.CH4O3S/c12-11(13,14)18-6-4-7-9-8(5-6)20(17)3-1-2-16(9)10(15)19-7;1-5(2,3)4/h4-5,15H,1-3H2;1H3,(H,2,3,4). The van der Waals surface area contributed by atoms with E-state index in [2.05, 4.69) is 4.74 Å². The third-order valence-corrected chi connectivity index (χ3v) is 5.33. The van der Waals surface area contributed by atoms with Gasteiger partial charge in [-0.15, -0.1) is 13.2 Å². The lowest BCUT2D eigenvalue weighted by molar-refractivity contribution is -0.274. The van der Waals surface area contributed by atoms with E-state index in [-0.39, 0.29) is 10.6 Å². The Morgan fingerprint density at radius 2 is 2.04 bits per heavy atom. The van der Waals surface area contributed by atoms with Crippen LogP contribution in [0, 0.1) is 5.41 Å². The number of aromatic nitrogens is 1. The van der Waals surface area contributed by atoms with Crippen LogP contribution in [0.5, 0.6) is 5.75 Å². The van der Waals surface area contributed by atoms with Crippen molar-refractivity contribution >= 4 is 42.8 Å². The van der Waals surface area contributed by atoms with Crippen LogP contribution in [-0.4, -0.2) is 40.5 Å². The van der Waals surface area contributed by atoms with Gasteiger partial charge in [-0.25, -0.2) is 0 Å². The summed E-state index contributed by atoms with van der Waals surface area (Å²) in [5, 5.41) is 7.86. The molecule has 1 aliphatic heterocycles. The second kappa shape index (κ2) is 7.15. The first-order valence-electron chi connectivity index (χ1n) is 6.64. The van der Waals surface area contributed by atoms with Crippen LogP contribution in [0.25, 0.3) is 10.2 Å². The van der Waals surface area contributed by atoms with E-state index in [1.807, 2.05) is 0 Å². The summed E-state index contributed by atoms with van der Waals surface area (Å²) in [6.45, 7) is 0.553. The van der Waals surface area contributed by atoms with Crippen molar-refractivity contribution in [2.24, 2.45) is 0 Å². The molecule has 2 N–H and O–H groups in total. The van der Waals surface area contributed by atoms with Gasteiger partial charge in [0.1, 0.15) is 17.0 Å². The summed E-state index contributed by atoms with van der Waals surface area (Å²) in [4.78, 5) is 0.554. The van der Waals surface area contributed by atoms with E-state index in [0.717, 1.165) is 11.3 Å². The number of halogens is 3. The Kier molecular flexibility index (Phi) is 5.73. The van der Waals surface area contributed by atoms with Gasteiger partial charge in [0.25, 0.3) is 10.1 Å². The molecule has 3 rings (SSSR count). The van der Waals surface area contributed by atoms with E-state index < -0.39 is 27.7 Å². The van der Waals surface area contributed by atoms with Crippen molar-refractivity contribution < 1.29 is 35.4 Å². The Bertz CT molecular complexity index is 928. The highest BCUT2D eigenvalue weighted by atomic mass is 32.2. The third-order valence-electron chi connectivity index (χ3n) is 2.93. The van der Waals surface area contributed by atoms with E-state index in [9.17, 15) is 26.1 Å². The molecule has 1 aliphatic rings. The number of ether oxygens (including phenoxy) is 1. The predicted molar refractivity (Wildman–Crippen MR) is 85.7 cm³/mol. The van der Waals surface area contributed by atoms with Gasteiger partial charge in [0.15, 0.2) is 9.70 Å². The number of thiazole rings is 1.